The van der Waals surface area contributed by atoms with Gasteiger partial charge in [-0.15, -0.1) is 24.0 Å². The van der Waals surface area contributed by atoms with E-state index < -0.39 is 6.61 Å². The molecule has 2 rings (SSSR count). The van der Waals surface area contributed by atoms with E-state index >= 15 is 0 Å². The molecule has 2 aromatic rings. The van der Waals surface area contributed by atoms with Crippen LogP contribution in [0, 0.1) is 0 Å². The summed E-state index contributed by atoms with van der Waals surface area (Å²) in [6.07, 6.45) is 0. The zero-order valence-electron chi connectivity index (χ0n) is 15.4. The summed E-state index contributed by atoms with van der Waals surface area (Å²) >= 11 is 0. The number of methoxy groups -OCH3 is 1. The molecular weight excluding hydrogens is 467 g/mol. The van der Waals surface area contributed by atoms with Gasteiger partial charge in [0.15, 0.2) is 17.5 Å². The Bertz CT molecular complexity index is 770. The van der Waals surface area contributed by atoms with E-state index in [-0.39, 0.29) is 48.0 Å². The summed E-state index contributed by atoms with van der Waals surface area (Å²) in [7, 11) is 1.39. The van der Waals surface area contributed by atoms with Gasteiger partial charge in [0.05, 0.1) is 13.7 Å². The number of nitrogens with two attached hydrogens (primary N) is 1. The van der Waals surface area contributed by atoms with Gasteiger partial charge in [0.1, 0.15) is 0 Å². The van der Waals surface area contributed by atoms with Crippen LogP contribution in [0.15, 0.2) is 47.5 Å². The number of hydrogen-bond donors (Lipinski definition) is 2. The summed E-state index contributed by atoms with van der Waals surface area (Å²) in [5.74, 6) is 0.835. The summed E-state index contributed by atoms with van der Waals surface area (Å²) in [5, 5.41) is 3.03. The Morgan fingerprint density at radius 2 is 1.89 bits per heavy atom. The zero-order chi connectivity index (χ0) is 19.1. The Labute approximate surface area is 175 Å². The van der Waals surface area contributed by atoms with Gasteiger partial charge in [-0.25, -0.2) is 4.99 Å². The molecule has 5 nitrogen and oxygen atoms in total. The Morgan fingerprint density at radius 1 is 1.15 bits per heavy atom. The van der Waals surface area contributed by atoms with Crippen molar-refractivity contribution in [2.45, 2.75) is 32.9 Å². The average Bonchev–Trinajstić information content (AvgIpc) is 2.60. The molecule has 0 heterocycles. The molecule has 148 valence electrons. The van der Waals surface area contributed by atoms with Crippen LogP contribution in [0.4, 0.5) is 14.5 Å². The smallest absolute Gasteiger partial charge is 0.387 e. The lowest BCUT2D eigenvalue weighted by molar-refractivity contribution is -0.0512. The van der Waals surface area contributed by atoms with Crippen molar-refractivity contribution in [1.29, 1.82) is 0 Å². The van der Waals surface area contributed by atoms with Gasteiger partial charge >= 0.3 is 6.61 Å². The molecule has 0 fully saturated rings. The fraction of sp³-hybridized carbons (Fsp3) is 0.316. The van der Waals surface area contributed by atoms with Crippen LogP contribution >= 0.6 is 24.0 Å². The molecule has 0 aliphatic carbocycles. The predicted molar refractivity (Wildman–Crippen MR) is 115 cm³/mol. The highest BCUT2D eigenvalue weighted by atomic mass is 127. The highest BCUT2D eigenvalue weighted by Gasteiger charge is 2.11. The van der Waals surface area contributed by atoms with Gasteiger partial charge in [0.25, 0.3) is 0 Å². The first-order valence-corrected chi connectivity index (χ1v) is 8.17. The number of rotatable bonds is 7. The number of nitrogens with one attached hydrogen (secondary N) is 1. The number of halogens is 3. The van der Waals surface area contributed by atoms with Crippen LogP contribution in [0.25, 0.3) is 0 Å². The molecular formula is C19H24F2IN3O2. The number of guanidine groups is 1. The molecule has 0 aliphatic heterocycles. The molecule has 0 aliphatic rings. The first-order valence-electron chi connectivity index (χ1n) is 8.17. The first-order chi connectivity index (χ1) is 12.4. The maximum absolute atomic E-state index is 12.5. The summed E-state index contributed by atoms with van der Waals surface area (Å²) in [6.45, 7) is 1.51. The molecule has 0 unspecified atom stereocenters. The van der Waals surface area contributed by atoms with E-state index in [1.807, 2.05) is 24.3 Å². The van der Waals surface area contributed by atoms with Crippen LogP contribution in [0.3, 0.4) is 0 Å². The van der Waals surface area contributed by atoms with Crippen molar-refractivity contribution in [1.82, 2.24) is 0 Å². The zero-order valence-corrected chi connectivity index (χ0v) is 17.7. The molecule has 27 heavy (non-hydrogen) atoms. The van der Waals surface area contributed by atoms with E-state index in [1.165, 1.54) is 18.7 Å². The Kier molecular flexibility index (Phi) is 9.27. The highest BCUT2D eigenvalue weighted by molar-refractivity contribution is 14.0. The molecule has 8 heteroatoms. The molecule has 0 spiro atoms. The maximum atomic E-state index is 12.5. The fourth-order valence-electron chi connectivity index (χ4n) is 2.35. The molecule has 0 saturated carbocycles. The largest absolute Gasteiger partial charge is 0.493 e. The normalized spacial score (nSPS) is 11.3. The van der Waals surface area contributed by atoms with Crippen LogP contribution in [0.5, 0.6) is 11.5 Å². The van der Waals surface area contributed by atoms with Gasteiger partial charge in [-0.05, 0) is 41.3 Å². The molecule has 0 aromatic heterocycles. The molecule has 3 N–H and O–H groups in total. The van der Waals surface area contributed by atoms with Crippen molar-refractivity contribution in [3.05, 3.63) is 53.6 Å². The Hall–Kier alpha value is -2.10. The standard InChI is InChI=1S/C19H23F2N3O2.HI/c1-12(2)14-5-4-6-15(10-14)24-19(22)23-11-13-7-8-16(25-3)17(9-13)26-18(20)21;/h4-10,12,18H,11H2,1-3H3,(H3,22,23,24);1H. The number of aliphatic imine (C=N–C) groups is 1. The van der Waals surface area contributed by atoms with Crippen LogP contribution in [-0.2, 0) is 6.54 Å². The minimum absolute atomic E-state index is 0. The fourth-order valence-corrected chi connectivity index (χ4v) is 2.35. The average molecular weight is 491 g/mol. The molecule has 0 bridgehead atoms. The molecule has 0 amide bonds. The lowest BCUT2D eigenvalue weighted by atomic mass is 10.0. The van der Waals surface area contributed by atoms with Crippen molar-refractivity contribution in [2.75, 3.05) is 12.4 Å². The van der Waals surface area contributed by atoms with E-state index in [0.717, 1.165) is 5.69 Å². The van der Waals surface area contributed by atoms with E-state index in [9.17, 15) is 8.78 Å². The Balaban J connectivity index is 0.00000364. The third-order valence-corrected chi connectivity index (χ3v) is 3.70. The SMILES string of the molecule is COc1ccc(CN=C(N)Nc2cccc(C(C)C)c2)cc1OC(F)F.I. The van der Waals surface area contributed by atoms with Crippen LogP contribution < -0.4 is 20.5 Å². The maximum Gasteiger partial charge on any atom is 0.387 e. The van der Waals surface area contributed by atoms with Crippen LogP contribution in [-0.4, -0.2) is 19.7 Å². The van der Waals surface area contributed by atoms with Crippen LogP contribution in [0.1, 0.15) is 30.9 Å². The third-order valence-electron chi connectivity index (χ3n) is 3.70. The van der Waals surface area contributed by atoms with Gasteiger partial charge in [-0.2, -0.15) is 8.78 Å². The van der Waals surface area contributed by atoms with E-state index in [2.05, 4.69) is 28.9 Å². The van der Waals surface area contributed by atoms with E-state index in [0.29, 0.717) is 11.5 Å². The minimum atomic E-state index is -2.93. The second-order valence-electron chi connectivity index (χ2n) is 5.97. The van der Waals surface area contributed by atoms with Crippen molar-refractivity contribution >= 4 is 35.6 Å². The van der Waals surface area contributed by atoms with E-state index in [4.69, 9.17) is 10.5 Å². The first kappa shape index (κ1) is 22.9. The lowest BCUT2D eigenvalue weighted by Crippen LogP contribution is -2.22. The molecule has 0 radical (unpaired) electrons. The lowest BCUT2D eigenvalue weighted by Gasteiger charge is -2.11. The monoisotopic (exact) mass is 491 g/mol. The summed E-state index contributed by atoms with van der Waals surface area (Å²) in [5.41, 5.74) is 8.61. The molecule has 2 aromatic carbocycles. The van der Waals surface area contributed by atoms with Crippen molar-refractivity contribution in [2.24, 2.45) is 10.7 Å². The van der Waals surface area contributed by atoms with Crippen molar-refractivity contribution in [3.63, 3.8) is 0 Å². The van der Waals surface area contributed by atoms with Gasteiger partial charge in [0.2, 0.25) is 0 Å². The summed E-state index contributed by atoms with van der Waals surface area (Å²) < 4.78 is 34.4. The second-order valence-corrected chi connectivity index (χ2v) is 5.97. The number of benzene rings is 2. The Morgan fingerprint density at radius 3 is 2.52 bits per heavy atom. The van der Waals surface area contributed by atoms with Gasteiger partial charge in [-0.1, -0.05) is 32.0 Å². The topological polar surface area (TPSA) is 68.9 Å². The number of hydrogen-bond acceptors (Lipinski definition) is 3. The molecule has 0 atom stereocenters. The quantitative estimate of drug-likeness (QED) is 0.326. The van der Waals surface area contributed by atoms with Gasteiger partial charge < -0.3 is 20.5 Å². The molecule has 0 saturated heterocycles. The summed E-state index contributed by atoms with van der Waals surface area (Å²) in [4.78, 5) is 4.24. The highest BCUT2D eigenvalue weighted by Crippen LogP contribution is 2.29. The van der Waals surface area contributed by atoms with E-state index in [1.54, 1.807) is 12.1 Å². The number of anilines is 1. The third kappa shape index (κ3) is 7.20. The second kappa shape index (κ2) is 10.9. The van der Waals surface area contributed by atoms with Gasteiger partial charge in [-0.3, -0.25) is 0 Å². The van der Waals surface area contributed by atoms with Crippen molar-refractivity contribution in [3.8, 4) is 11.5 Å². The van der Waals surface area contributed by atoms with Crippen molar-refractivity contribution < 1.29 is 18.3 Å². The number of alkyl halides is 2. The van der Waals surface area contributed by atoms with Gasteiger partial charge in [0, 0.05) is 5.69 Å². The minimum Gasteiger partial charge on any atom is -0.493 e. The number of nitrogens with zero attached hydrogens (tertiary/aromatic N) is 1. The van der Waals surface area contributed by atoms with Crippen LogP contribution in [0.2, 0.25) is 0 Å². The summed E-state index contributed by atoms with van der Waals surface area (Å²) in [6, 6.07) is 12.6. The predicted octanol–water partition coefficient (Wildman–Crippen LogP) is 4.96. The number of ether oxygens (including phenoxy) is 2.